The molecular formula is C17H14ClF2N5. The molecule has 128 valence electrons. The third-order valence-corrected chi connectivity index (χ3v) is 3.57. The zero-order chi connectivity index (χ0) is 17.6. The minimum absolute atomic E-state index is 0.103. The van der Waals surface area contributed by atoms with Crippen molar-refractivity contribution in [3.05, 3.63) is 70.9 Å². The maximum atomic E-state index is 13.7. The van der Waals surface area contributed by atoms with Crippen molar-refractivity contribution in [3.8, 4) is 0 Å². The normalized spacial score (nSPS) is 10.5. The number of hydrogen-bond donors (Lipinski definition) is 2. The van der Waals surface area contributed by atoms with Gasteiger partial charge in [0.2, 0.25) is 5.95 Å². The summed E-state index contributed by atoms with van der Waals surface area (Å²) in [5, 5.41) is 14.2. The molecule has 3 rings (SSSR count). The third kappa shape index (κ3) is 4.84. The van der Waals surface area contributed by atoms with E-state index in [9.17, 15) is 8.78 Å². The Morgan fingerprint density at radius 3 is 2.76 bits per heavy atom. The SMILES string of the molecule is Fc1ccc(Nc2cnnc(NCCc3cccc(Cl)c3)n2)c(F)c1. The van der Waals surface area contributed by atoms with Gasteiger partial charge in [0, 0.05) is 17.6 Å². The Morgan fingerprint density at radius 2 is 1.96 bits per heavy atom. The van der Waals surface area contributed by atoms with E-state index < -0.39 is 11.6 Å². The molecule has 0 saturated carbocycles. The third-order valence-electron chi connectivity index (χ3n) is 3.34. The quantitative estimate of drug-likeness (QED) is 0.689. The summed E-state index contributed by atoms with van der Waals surface area (Å²) in [6, 6.07) is 10.8. The summed E-state index contributed by atoms with van der Waals surface area (Å²) >= 11 is 5.94. The Labute approximate surface area is 148 Å². The number of nitrogens with one attached hydrogen (secondary N) is 2. The van der Waals surface area contributed by atoms with Gasteiger partial charge in [0.1, 0.15) is 11.6 Å². The molecule has 3 aromatic rings. The lowest BCUT2D eigenvalue weighted by Crippen LogP contribution is -2.10. The molecule has 0 saturated heterocycles. The molecule has 0 radical (unpaired) electrons. The van der Waals surface area contributed by atoms with Crippen LogP contribution in [-0.2, 0) is 6.42 Å². The lowest BCUT2D eigenvalue weighted by Gasteiger charge is -2.08. The first-order chi connectivity index (χ1) is 12.1. The van der Waals surface area contributed by atoms with Crippen molar-refractivity contribution in [2.45, 2.75) is 6.42 Å². The fourth-order valence-corrected chi connectivity index (χ4v) is 2.39. The van der Waals surface area contributed by atoms with Crippen LogP contribution in [0.3, 0.4) is 0 Å². The molecule has 0 atom stereocenters. The summed E-state index contributed by atoms with van der Waals surface area (Å²) in [7, 11) is 0. The zero-order valence-electron chi connectivity index (χ0n) is 13.0. The summed E-state index contributed by atoms with van der Waals surface area (Å²) in [5.74, 6) is -0.762. The molecule has 1 heterocycles. The molecule has 2 N–H and O–H groups in total. The van der Waals surface area contributed by atoms with Gasteiger partial charge in [0.25, 0.3) is 0 Å². The van der Waals surface area contributed by atoms with Crippen molar-refractivity contribution in [1.29, 1.82) is 0 Å². The van der Waals surface area contributed by atoms with Gasteiger partial charge in [-0.25, -0.2) is 8.78 Å². The van der Waals surface area contributed by atoms with E-state index in [0.29, 0.717) is 23.3 Å². The Kier molecular flexibility index (Phi) is 5.35. The Morgan fingerprint density at radius 1 is 1.08 bits per heavy atom. The summed E-state index contributed by atoms with van der Waals surface area (Å²) in [4.78, 5) is 4.20. The van der Waals surface area contributed by atoms with E-state index in [2.05, 4.69) is 25.8 Å². The minimum atomic E-state index is -0.714. The summed E-state index contributed by atoms with van der Waals surface area (Å²) < 4.78 is 26.6. The fourth-order valence-electron chi connectivity index (χ4n) is 2.18. The number of nitrogens with zero attached hydrogens (tertiary/aromatic N) is 3. The van der Waals surface area contributed by atoms with E-state index in [1.807, 2.05) is 24.3 Å². The molecule has 0 fully saturated rings. The molecule has 0 aliphatic carbocycles. The fraction of sp³-hybridized carbons (Fsp3) is 0.118. The smallest absolute Gasteiger partial charge is 0.244 e. The molecule has 5 nitrogen and oxygen atoms in total. The van der Waals surface area contributed by atoms with Gasteiger partial charge in [-0.05, 0) is 36.2 Å². The average molecular weight is 362 g/mol. The molecule has 2 aromatic carbocycles. The second-order valence-electron chi connectivity index (χ2n) is 5.22. The van der Waals surface area contributed by atoms with Gasteiger partial charge < -0.3 is 10.6 Å². The summed E-state index contributed by atoms with van der Waals surface area (Å²) in [6.07, 6.45) is 2.08. The van der Waals surface area contributed by atoms with Crippen molar-refractivity contribution >= 4 is 29.1 Å². The van der Waals surface area contributed by atoms with Gasteiger partial charge in [-0.1, -0.05) is 23.7 Å². The van der Waals surface area contributed by atoms with Crippen LogP contribution in [0.1, 0.15) is 5.56 Å². The highest BCUT2D eigenvalue weighted by atomic mass is 35.5. The van der Waals surface area contributed by atoms with Crippen molar-refractivity contribution in [1.82, 2.24) is 15.2 Å². The van der Waals surface area contributed by atoms with Crippen molar-refractivity contribution in [3.63, 3.8) is 0 Å². The van der Waals surface area contributed by atoms with Crippen LogP contribution in [0.25, 0.3) is 0 Å². The number of hydrogen-bond acceptors (Lipinski definition) is 5. The van der Waals surface area contributed by atoms with E-state index in [1.165, 1.54) is 12.3 Å². The first-order valence-corrected chi connectivity index (χ1v) is 7.88. The molecule has 0 aliphatic rings. The Bertz CT molecular complexity index is 875. The summed E-state index contributed by atoms with van der Waals surface area (Å²) in [5.41, 5.74) is 1.18. The van der Waals surface area contributed by atoms with E-state index in [1.54, 1.807) is 0 Å². The lowest BCUT2D eigenvalue weighted by atomic mass is 10.1. The predicted octanol–water partition coefficient (Wildman–Crippen LogP) is 4.20. The zero-order valence-corrected chi connectivity index (χ0v) is 13.8. The lowest BCUT2D eigenvalue weighted by molar-refractivity contribution is 0.586. The first-order valence-electron chi connectivity index (χ1n) is 7.50. The number of aromatic nitrogens is 3. The van der Waals surface area contributed by atoms with Gasteiger partial charge in [0.05, 0.1) is 11.9 Å². The first kappa shape index (κ1) is 17.0. The van der Waals surface area contributed by atoms with Gasteiger partial charge in [-0.2, -0.15) is 10.1 Å². The van der Waals surface area contributed by atoms with E-state index in [-0.39, 0.29) is 5.69 Å². The molecular weight excluding hydrogens is 348 g/mol. The Balaban J connectivity index is 1.61. The van der Waals surface area contributed by atoms with Gasteiger partial charge in [-0.3, -0.25) is 0 Å². The van der Waals surface area contributed by atoms with Crippen LogP contribution in [-0.4, -0.2) is 21.7 Å². The maximum absolute atomic E-state index is 13.7. The molecule has 25 heavy (non-hydrogen) atoms. The van der Waals surface area contributed by atoms with E-state index in [0.717, 1.165) is 24.1 Å². The second kappa shape index (κ2) is 7.85. The Hall–Kier alpha value is -2.80. The van der Waals surface area contributed by atoms with Crippen molar-refractivity contribution in [2.24, 2.45) is 0 Å². The van der Waals surface area contributed by atoms with Crippen LogP contribution in [0, 0.1) is 11.6 Å². The highest BCUT2D eigenvalue weighted by Crippen LogP contribution is 2.19. The van der Waals surface area contributed by atoms with Gasteiger partial charge in [0.15, 0.2) is 5.82 Å². The number of anilines is 3. The predicted molar refractivity (Wildman–Crippen MR) is 93.1 cm³/mol. The molecule has 0 unspecified atom stereocenters. The van der Waals surface area contributed by atoms with Crippen LogP contribution >= 0.6 is 11.6 Å². The standard InChI is InChI=1S/C17H14ClF2N5/c18-12-3-1-2-11(8-12)6-7-21-17-24-16(10-22-25-17)23-15-5-4-13(19)9-14(15)20/h1-5,8-10H,6-7H2,(H2,21,23,24,25). The molecule has 8 heteroatoms. The highest BCUT2D eigenvalue weighted by molar-refractivity contribution is 6.30. The van der Waals surface area contributed by atoms with E-state index >= 15 is 0 Å². The van der Waals surface area contributed by atoms with Gasteiger partial charge in [-0.15, -0.1) is 5.10 Å². The minimum Gasteiger partial charge on any atom is -0.353 e. The highest BCUT2D eigenvalue weighted by Gasteiger charge is 2.06. The molecule has 0 spiro atoms. The number of rotatable bonds is 6. The van der Waals surface area contributed by atoms with Crippen molar-refractivity contribution in [2.75, 3.05) is 17.2 Å². The maximum Gasteiger partial charge on any atom is 0.244 e. The number of halogens is 3. The molecule has 0 aliphatic heterocycles. The van der Waals surface area contributed by atoms with Crippen LogP contribution in [0.15, 0.2) is 48.7 Å². The molecule has 0 amide bonds. The summed E-state index contributed by atoms with van der Waals surface area (Å²) in [6.45, 7) is 0.580. The van der Waals surface area contributed by atoms with Crippen LogP contribution in [0.4, 0.5) is 26.2 Å². The largest absolute Gasteiger partial charge is 0.353 e. The van der Waals surface area contributed by atoms with Crippen LogP contribution in [0.2, 0.25) is 5.02 Å². The topological polar surface area (TPSA) is 62.7 Å². The second-order valence-corrected chi connectivity index (χ2v) is 5.66. The molecule has 0 bridgehead atoms. The van der Waals surface area contributed by atoms with Crippen LogP contribution < -0.4 is 10.6 Å². The average Bonchev–Trinajstić information content (AvgIpc) is 2.58. The number of benzene rings is 2. The monoisotopic (exact) mass is 361 g/mol. The van der Waals surface area contributed by atoms with E-state index in [4.69, 9.17) is 11.6 Å². The van der Waals surface area contributed by atoms with Gasteiger partial charge >= 0.3 is 0 Å². The molecule has 1 aromatic heterocycles. The van der Waals surface area contributed by atoms with Crippen molar-refractivity contribution < 1.29 is 8.78 Å². The van der Waals surface area contributed by atoms with Crippen LogP contribution in [0.5, 0.6) is 0 Å².